The van der Waals surface area contributed by atoms with Gasteiger partial charge in [-0.05, 0) is 98.0 Å². The molecule has 328 valence electrons. The van der Waals surface area contributed by atoms with Crippen LogP contribution in [0.1, 0.15) is 75.8 Å². The number of amides is 2. The van der Waals surface area contributed by atoms with Gasteiger partial charge in [-0.3, -0.25) is 4.79 Å². The van der Waals surface area contributed by atoms with Gasteiger partial charge in [0.05, 0.1) is 29.2 Å². The summed E-state index contributed by atoms with van der Waals surface area (Å²) in [6.07, 6.45) is 7.37. The Balaban J connectivity index is 1.57. The molecule has 1 fully saturated rings. The van der Waals surface area contributed by atoms with E-state index in [2.05, 4.69) is 23.3 Å². The Morgan fingerprint density at radius 2 is 1.74 bits per heavy atom. The van der Waals surface area contributed by atoms with Crippen molar-refractivity contribution >= 4 is 33.4 Å². The molecule has 6 unspecified atom stereocenters. The molecule has 1 aliphatic heterocycles. The Labute approximate surface area is 358 Å². The maximum absolute atomic E-state index is 14.8. The normalized spacial score (nSPS) is 23.5. The summed E-state index contributed by atoms with van der Waals surface area (Å²) in [6.45, 7) is 7.78. The highest BCUT2D eigenvalue weighted by atomic mass is 32.2. The second-order valence-electron chi connectivity index (χ2n) is 15.7. The zero-order valence-electron chi connectivity index (χ0n) is 35.1. The van der Waals surface area contributed by atoms with E-state index in [-0.39, 0.29) is 61.4 Å². The standard InChI is InChI=1S/C46H58N4O10S/c1-5-26-57-46-42(50(4)61(55,56)36-21-18-34(19-22-36)48-31(3)53)29-40(49-58-30-32-14-8-7-9-15-32)38-27-33(16-10-12-24-51)37(17-11-13-25-52)43(44(38)46)39-28-35(20-23-41(39)60-46)59-45(54)47-6-2/h5,7-9,14-15,18-23,27-28,33,37,42-44,51-52H,1,6,10-13,16-17,24-26,29-30H2,2-4H3,(H,47,54)(H,48,53). The molecule has 14 nitrogen and oxygen atoms in total. The summed E-state index contributed by atoms with van der Waals surface area (Å²) in [5.74, 6) is -2.33. The number of hydrogen-bond donors (Lipinski definition) is 4. The van der Waals surface area contributed by atoms with Gasteiger partial charge in [0.25, 0.3) is 0 Å². The number of anilines is 1. The van der Waals surface area contributed by atoms with Crippen molar-refractivity contribution in [3.63, 3.8) is 0 Å². The topological polar surface area (TPSA) is 185 Å². The number of hydrogen-bond acceptors (Lipinski definition) is 11. The average molecular weight is 859 g/mol. The summed E-state index contributed by atoms with van der Waals surface area (Å²) in [7, 11) is -2.76. The Morgan fingerprint density at radius 1 is 1.02 bits per heavy atom. The van der Waals surface area contributed by atoms with Gasteiger partial charge in [0, 0.05) is 57.3 Å². The Bertz CT molecular complexity index is 2160. The lowest BCUT2D eigenvalue weighted by molar-refractivity contribution is -0.250. The quantitative estimate of drug-likeness (QED) is 0.0529. The number of sulfonamides is 1. The second-order valence-corrected chi connectivity index (χ2v) is 17.7. The van der Waals surface area contributed by atoms with Crippen molar-refractivity contribution < 1.29 is 47.3 Å². The fourth-order valence-electron chi connectivity index (χ4n) is 9.06. The van der Waals surface area contributed by atoms with Gasteiger partial charge in [0.2, 0.25) is 21.7 Å². The fourth-order valence-corrected chi connectivity index (χ4v) is 10.4. The van der Waals surface area contributed by atoms with Crippen LogP contribution in [0.4, 0.5) is 10.5 Å². The molecule has 3 aromatic carbocycles. The Kier molecular flexibility index (Phi) is 15.4. The van der Waals surface area contributed by atoms with Crippen LogP contribution in [-0.2, 0) is 31.0 Å². The predicted molar refractivity (Wildman–Crippen MR) is 232 cm³/mol. The summed E-state index contributed by atoms with van der Waals surface area (Å²) in [5.41, 5.74) is 3.46. The van der Waals surface area contributed by atoms with E-state index in [1.165, 1.54) is 42.5 Å². The van der Waals surface area contributed by atoms with E-state index in [1.54, 1.807) is 25.1 Å². The number of benzene rings is 3. The van der Waals surface area contributed by atoms with Crippen molar-refractivity contribution in [3.05, 3.63) is 108 Å². The number of carbonyl (C=O) groups is 2. The number of unbranched alkanes of at least 4 members (excludes halogenated alkanes) is 2. The number of aliphatic hydroxyl groups is 2. The Morgan fingerprint density at radius 3 is 2.41 bits per heavy atom. The lowest BCUT2D eigenvalue weighted by atomic mass is 9.55. The van der Waals surface area contributed by atoms with E-state index in [0.29, 0.717) is 55.1 Å². The third-order valence-corrected chi connectivity index (χ3v) is 13.6. The van der Waals surface area contributed by atoms with Crippen molar-refractivity contribution in [1.29, 1.82) is 0 Å². The maximum atomic E-state index is 14.8. The molecule has 4 N–H and O–H groups in total. The van der Waals surface area contributed by atoms with Gasteiger partial charge in [-0.25, -0.2) is 13.2 Å². The number of nitrogens with zero attached hydrogens (tertiary/aromatic N) is 2. The minimum atomic E-state index is -4.26. The van der Waals surface area contributed by atoms with Gasteiger partial charge in [-0.1, -0.05) is 60.5 Å². The molecule has 15 heteroatoms. The molecule has 2 aliphatic carbocycles. The molecule has 6 rings (SSSR count). The molecule has 0 bridgehead atoms. The number of allylic oxidation sites excluding steroid dienone is 1. The van der Waals surface area contributed by atoms with Crippen molar-refractivity contribution in [3.8, 4) is 11.5 Å². The largest absolute Gasteiger partial charge is 0.460 e. The molecular formula is C46H58N4O10S. The van der Waals surface area contributed by atoms with Crippen molar-refractivity contribution in [2.75, 3.05) is 38.7 Å². The van der Waals surface area contributed by atoms with E-state index < -0.39 is 33.9 Å². The van der Waals surface area contributed by atoms with Gasteiger partial charge >= 0.3 is 6.09 Å². The van der Waals surface area contributed by atoms with E-state index >= 15 is 0 Å². The number of carbonyl (C=O) groups excluding carboxylic acids is 2. The second kappa shape index (κ2) is 20.7. The molecule has 0 aromatic heterocycles. The van der Waals surface area contributed by atoms with Crippen LogP contribution < -0.4 is 20.1 Å². The highest BCUT2D eigenvalue weighted by molar-refractivity contribution is 7.89. The zero-order valence-corrected chi connectivity index (χ0v) is 35.9. The van der Waals surface area contributed by atoms with Crippen molar-refractivity contribution in [2.45, 2.75) is 88.0 Å². The summed E-state index contributed by atoms with van der Waals surface area (Å²) in [4.78, 5) is 30.6. The molecule has 6 atom stereocenters. The summed E-state index contributed by atoms with van der Waals surface area (Å²) >= 11 is 0. The van der Waals surface area contributed by atoms with Gasteiger partial charge in [-0.2, -0.15) is 4.31 Å². The van der Waals surface area contributed by atoms with E-state index in [0.717, 1.165) is 29.5 Å². The van der Waals surface area contributed by atoms with E-state index in [9.17, 15) is 28.2 Å². The SMILES string of the molecule is C=CCOC12Oc3ccc(OC(=O)NCC)cc3C3C(CCCCO)C(CCCCO)C=C(C(=NOCc4ccccc4)CC1N(C)S(=O)(=O)c1ccc(NC(C)=O)cc1)C32. The third kappa shape index (κ3) is 10.2. The number of ether oxygens (including phenoxy) is 3. The van der Waals surface area contributed by atoms with Crippen LogP contribution in [0.2, 0.25) is 0 Å². The van der Waals surface area contributed by atoms with Gasteiger partial charge in [0.15, 0.2) is 0 Å². The van der Waals surface area contributed by atoms with Crippen LogP contribution in [-0.4, -0.2) is 85.9 Å². The molecule has 0 spiro atoms. The molecule has 1 saturated carbocycles. The van der Waals surface area contributed by atoms with Crippen LogP contribution >= 0.6 is 0 Å². The molecule has 0 radical (unpaired) electrons. The van der Waals surface area contributed by atoms with Crippen LogP contribution in [0.3, 0.4) is 0 Å². The lowest BCUT2D eigenvalue weighted by Gasteiger charge is -2.59. The molecule has 0 saturated heterocycles. The van der Waals surface area contributed by atoms with E-state index in [4.69, 9.17) is 24.2 Å². The molecule has 1 heterocycles. The molecule has 61 heavy (non-hydrogen) atoms. The summed E-state index contributed by atoms with van der Waals surface area (Å²) < 4.78 is 50.7. The third-order valence-electron chi connectivity index (χ3n) is 11.7. The van der Waals surface area contributed by atoms with Crippen molar-refractivity contribution in [2.24, 2.45) is 22.9 Å². The predicted octanol–water partition coefficient (Wildman–Crippen LogP) is 6.91. The highest BCUT2D eigenvalue weighted by Gasteiger charge is 2.65. The summed E-state index contributed by atoms with van der Waals surface area (Å²) in [5, 5.41) is 29.9. The molecule has 3 aliphatic rings. The first-order chi connectivity index (χ1) is 29.5. The van der Waals surface area contributed by atoms with E-state index in [1.807, 2.05) is 36.4 Å². The smallest absolute Gasteiger partial charge is 0.412 e. The van der Waals surface area contributed by atoms with Crippen LogP contribution in [0.25, 0.3) is 0 Å². The van der Waals surface area contributed by atoms with Gasteiger partial charge in [0.1, 0.15) is 18.1 Å². The zero-order chi connectivity index (χ0) is 43.6. The first-order valence-corrected chi connectivity index (χ1v) is 22.5. The number of oxime groups is 1. The van der Waals surface area contributed by atoms with Crippen LogP contribution in [0.5, 0.6) is 11.5 Å². The molecular weight excluding hydrogens is 801 g/mol. The lowest BCUT2D eigenvalue weighted by Crippen LogP contribution is -2.69. The number of nitrogens with one attached hydrogen (secondary N) is 2. The van der Waals surface area contributed by atoms with Crippen LogP contribution in [0, 0.1) is 17.8 Å². The first-order valence-electron chi connectivity index (χ1n) is 21.0. The first kappa shape index (κ1) is 45.5. The fraction of sp³-hybridized carbons (Fsp3) is 0.457. The molecule has 3 aromatic rings. The maximum Gasteiger partial charge on any atom is 0.412 e. The minimum Gasteiger partial charge on any atom is -0.460 e. The monoisotopic (exact) mass is 858 g/mol. The summed E-state index contributed by atoms with van der Waals surface area (Å²) in [6, 6.07) is 19.8. The number of likely N-dealkylation sites (N-methyl/N-ethyl adjacent to an activating group) is 1. The molecule has 2 amide bonds. The average Bonchev–Trinajstić information content (AvgIpc) is 3.24. The Hall–Kier alpha value is -5.06. The number of aliphatic hydroxyl groups excluding tert-OH is 2. The van der Waals surface area contributed by atoms with Gasteiger partial charge < -0.3 is 39.9 Å². The number of rotatable bonds is 20. The highest BCUT2D eigenvalue weighted by Crippen LogP contribution is 2.62. The van der Waals surface area contributed by atoms with Gasteiger partial charge in [-0.15, -0.1) is 6.58 Å². The van der Waals surface area contributed by atoms with Crippen LogP contribution in [0.15, 0.2) is 107 Å². The minimum absolute atomic E-state index is 0.00231. The van der Waals surface area contributed by atoms with Crippen molar-refractivity contribution in [1.82, 2.24) is 9.62 Å². The number of fused-ring (bicyclic) bond motifs is 2.